The number of hydrogen-bond acceptors (Lipinski definition) is 7. The minimum atomic E-state index is -1.17. The number of pyridine rings is 1. The molecular weight excluding hydrogens is 606 g/mol. The van der Waals surface area contributed by atoms with Crippen molar-refractivity contribution in [1.29, 1.82) is 0 Å². The standard InChI is InChI=1S/C35H30ClN5O5/c1-46-34(43)16-21-9-12-27-23-6-4-5-22(17-23)26(7-2-3-8-33(42)38-30(27)15-21)29-13-10-24(19-37-29)28-18-25(36)11-14-32(28)41-20-31(35(44)45)39-40-41/h4-6,9-15,17-20,26H,2-3,7-8,16H2,1H3,(H,38,42)(H,44,45). The van der Waals surface area contributed by atoms with Crippen LogP contribution in [0.15, 0.2) is 85.2 Å². The number of aromatic carboxylic acids is 1. The second-order valence-corrected chi connectivity index (χ2v) is 11.5. The van der Waals surface area contributed by atoms with Crippen LogP contribution in [0.25, 0.3) is 27.9 Å². The van der Waals surface area contributed by atoms with Crippen molar-refractivity contribution in [1.82, 2.24) is 20.0 Å². The topological polar surface area (TPSA) is 136 Å². The zero-order chi connectivity index (χ0) is 32.2. The van der Waals surface area contributed by atoms with Crippen LogP contribution in [0.4, 0.5) is 5.69 Å². The van der Waals surface area contributed by atoms with Crippen LogP contribution < -0.4 is 5.32 Å². The third kappa shape index (κ3) is 6.67. The lowest BCUT2D eigenvalue weighted by Gasteiger charge is -2.21. The van der Waals surface area contributed by atoms with Gasteiger partial charge in [-0.25, -0.2) is 9.48 Å². The number of amides is 1. The van der Waals surface area contributed by atoms with Gasteiger partial charge in [-0.15, -0.1) is 5.10 Å². The number of fused-ring (bicyclic) bond motifs is 4. The highest BCUT2D eigenvalue weighted by atomic mass is 35.5. The van der Waals surface area contributed by atoms with E-state index in [9.17, 15) is 19.5 Å². The fourth-order valence-corrected chi connectivity index (χ4v) is 5.91. The van der Waals surface area contributed by atoms with Crippen LogP contribution in [0.5, 0.6) is 0 Å². The molecule has 1 unspecified atom stereocenters. The number of nitrogens with one attached hydrogen (secondary N) is 1. The third-order valence-corrected chi connectivity index (χ3v) is 8.29. The normalized spacial score (nSPS) is 14.7. The number of carbonyl (C=O) groups excluding carboxylic acids is 2. The van der Waals surface area contributed by atoms with Crippen LogP contribution in [0.3, 0.4) is 0 Å². The number of carbonyl (C=O) groups is 3. The van der Waals surface area contributed by atoms with Crippen LogP contribution in [0.1, 0.15) is 58.9 Å². The van der Waals surface area contributed by atoms with Gasteiger partial charge in [-0.1, -0.05) is 65.7 Å². The largest absolute Gasteiger partial charge is 0.476 e. The number of ether oxygens (including phenoxy) is 1. The molecular formula is C35H30ClN5O5. The molecule has 1 atom stereocenters. The summed E-state index contributed by atoms with van der Waals surface area (Å²) in [5.74, 6) is -1.61. The molecule has 1 amide bonds. The Balaban J connectivity index is 1.36. The first-order valence-corrected chi connectivity index (χ1v) is 15.2. The molecule has 1 aliphatic rings. The zero-order valence-electron chi connectivity index (χ0n) is 24.9. The fourth-order valence-electron chi connectivity index (χ4n) is 5.74. The van der Waals surface area contributed by atoms with Crippen molar-refractivity contribution in [3.8, 4) is 27.9 Å². The Kier molecular flexibility index (Phi) is 8.89. The fraction of sp³-hybridized carbons (Fsp3) is 0.200. The smallest absolute Gasteiger partial charge is 0.358 e. The molecule has 0 saturated heterocycles. The molecule has 232 valence electrons. The summed E-state index contributed by atoms with van der Waals surface area (Å²) >= 11 is 6.36. The predicted molar refractivity (Wildman–Crippen MR) is 173 cm³/mol. The molecule has 3 heterocycles. The van der Waals surface area contributed by atoms with Crippen molar-refractivity contribution in [2.24, 2.45) is 0 Å². The first-order chi connectivity index (χ1) is 22.3. The summed E-state index contributed by atoms with van der Waals surface area (Å²) in [6.07, 6.45) is 5.95. The first kappa shape index (κ1) is 30.7. The number of rotatable bonds is 6. The second-order valence-electron chi connectivity index (χ2n) is 11.1. The molecule has 5 aromatic rings. The van der Waals surface area contributed by atoms with E-state index in [1.165, 1.54) is 18.0 Å². The van der Waals surface area contributed by atoms with Crippen molar-refractivity contribution in [2.75, 3.05) is 12.4 Å². The Morgan fingerprint density at radius 3 is 2.65 bits per heavy atom. The summed E-state index contributed by atoms with van der Waals surface area (Å²) in [6, 6.07) is 23.1. The van der Waals surface area contributed by atoms with Crippen LogP contribution >= 0.6 is 11.6 Å². The number of carboxylic acid groups (broad SMARTS) is 1. The molecule has 0 spiro atoms. The van der Waals surface area contributed by atoms with Crippen molar-refractivity contribution in [2.45, 2.75) is 38.0 Å². The van der Waals surface area contributed by atoms with E-state index in [2.05, 4.69) is 27.8 Å². The van der Waals surface area contributed by atoms with Crippen molar-refractivity contribution in [3.05, 3.63) is 113 Å². The molecule has 11 heteroatoms. The molecule has 0 radical (unpaired) electrons. The van der Waals surface area contributed by atoms with E-state index < -0.39 is 5.97 Å². The molecule has 46 heavy (non-hydrogen) atoms. The van der Waals surface area contributed by atoms with Gasteiger partial charge in [0, 0.05) is 51.6 Å². The van der Waals surface area contributed by atoms with Gasteiger partial charge in [-0.05, 0) is 59.9 Å². The number of benzene rings is 3. The monoisotopic (exact) mass is 635 g/mol. The highest BCUT2D eigenvalue weighted by Gasteiger charge is 2.21. The van der Waals surface area contributed by atoms with Gasteiger partial charge in [0.25, 0.3) is 0 Å². The van der Waals surface area contributed by atoms with Crippen molar-refractivity contribution in [3.63, 3.8) is 0 Å². The summed E-state index contributed by atoms with van der Waals surface area (Å²) < 4.78 is 6.24. The Bertz CT molecular complexity index is 1940. The zero-order valence-corrected chi connectivity index (χ0v) is 25.7. The van der Waals surface area contributed by atoms with Gasteiger partial charge in [0.1, 0.15) is 0 Å². The summed E-state index contributed by atoms with van der Waals surface area (Å²) in [6.45, 7) is 0. The number of halogens is 1. The average Bonchev–Trinajstić information content (AvgIpc) is 3.55. The van der Waals surface area contributed by atoms with Gasteiger partial charge in [-0.2, -0.15) is 0 Å². The number of hydrogen-bond donors (Lipinski definition) is 2. The maximum absolute atomic E-state index is 12.9. The van der Waals surface area contributed by atoms with Gasteiger partial charge in [0.2, 0.25) is 5.91 Å². The number of methoxy groups -OCH3 is 1. The summed E-state index contributed by atoms with van der Waals surface area (Å²) in [7, 11) is 1.36. The van der Waals surface area contributed by atoms with E-state index in [0.29, 0.717) is 29.2 Å². The van der Waals surface area contributed by atoms with Gasteiger partial charge in [0.15, 0.2) is 5.69 Å². The SMILES string of the molecule is COC(=O)Cc1ccc2c(c1)NC(=O)CCCCC(c1ccc(-c3cc(Cl)ccc3-n3cc(C(=O)O)nn3)cn1)c1cccc-2c1. The van der Waals surface area contributed by atoms with Crippen LogP contribution in [-0.4, -0.2) is 50.0 Å². The first-order valence-electron chi connectivity index (χ1n) is 14.8. The average molecular weight is 636 g/mol. The highest BCUT2D eigenvalue weighted by molar-refractivity contribution is 6.31. The van der Waals surface area contributed by atoms with Crippen LogP contribution in [0.2, 0.25) is 5.02 Å². The summed E-state index contributed by atoms with van der Waals surface area (Å²) in [5, 5.41) is 20.6. The number of aromatic nitrogens is 4. The second kappa shape index (κ2) is 13.3. The van der Waals surface area contributed by atoms with Crippen LogP contribution in [-0.2, 0) is 20.7 Å². The molecule has 0 saturated carbocycles. The Labute approximate surface area is 270 Å². The maximum Gasteiger partial charge on any atom is 0.358 e. The molecule has 0 fully saturated rings. The third-order valence-electron chi connectivity index (χ3n) is 8.05. The number of anilines is 1. The lowest BCUT2D eigenvalue weighted by molar-refractivity contribution is -0.139. The van der Waals surface area contributed by atoms with E-state index in [0.717, 1.165) is 51.9 Å². The molecule has 0 aliphatic carbocycles. The number of carboxylic acids is 1. The van der Waals surface area contributed by atoms with E-state index in [-0.39, 0.29) is 29.9 Å². The molecule has 2 aromatic heterocycles. The van der Waals surface area contributed by atoms with Gasteiger partial charge >= 0.3 is 11.9 Å². The minimum absolute atomic E-state index is 0.0224. The summed E-state index contributed by atoms with van der Waals surface area (Å²) in [4.78, 5) is 41.1. The van der Waals surface area contributed by atoms with Gasteiger partial charge < -0.3 is 15.2 Å². The van der Waals surface area contributed by atoms with Gasteiger partial charge in [-0.3, -0.25) is 14.6 Å². The lowest BCUT2D eigenvalue weighted by atomic mass is 9.87. The minimum Gasteiger partial charge on any atom is -0.476 e. The highest BCUT2D eigenvalue weighted by Crippen LogP contribution is 2.37. The number of nitrogens with zero attached hydrogens (tertiary/aromatic N) is 4. The van der Waals surface area contributed by atoms with Crippen molar-refractivity contribution >= 4 is 35.1 Å². The molecule has 2 N–H and O–H groups in total. The Hall–Kier alpha value is -5.35. The predicted octanol–water partition coefficient (Wildman–Crippen LogP) is 6.71. The number of esters is 1. The van der Waals surface area contributed by atoms with Crippen LogP contribution in [0, 0.1) is 0 Å². The molecule has 1 aliphatic heterocycles. The Morgan fingerprint density at radius 2 is 1.89 bits per heavy atom. The molecule has 6 rings (SSSR count). The quantitative estimate of drug-likeness (QED) is 0.197. The van der Waals surface area contributed by atoms with Gasteiger partial charge in [0.05, 0.1) is 25.4 Å². The summed E-state index contributed by atoms with van der Waals surface area (Å²) in [5.41, 5.74) is 7.15. The van der Waals surface area contributed by atoms with E-state index in [1.807, 2.05) is 42.5 Å². The van der Waals surface area contributed by atoms with E-state index in [1.54, 1.807) is 24.4 Å². The maximum atomic E-state index is 12.9. The molecule has 3 aromatic carbocycles. The van der Waals surface area contributed by atoms with E-state index >= 15 is 0 Å². The molecule has 2 bridgehead atoms. The lowest BCUT2D eigenvalue weighted by Crippen LogP contribution is -2.14. The Morgan fingerprint density at radius 1 is 1.02 bits per heavy atom. The van der Waals surface area contributed by atoms with E-state index in [4.69, 9.17) is 21.3 Å². The molecule has 10 nitrogen and oxygen atoms in total. The van der Waals surface area contributed by atoms with Crippen molar-refractivity contribution < 1.29 is 24.2 Å².